The van der Waals surface area contributed by atoms with Crippen LogP contribution in [0, 0.1) is 11.8 Å². The molecule has 1 fully saturated rings. The van der Waals surface area contributed by atoms with Gasteiger partial charge >= 0.3 is 0 Å². The topological polar surface area (TPSA) is 32.3 Å². The number of carbonyl (C=O) groups is 1. The normalized spacial score (nSPS) is 19.1. The Morgan fingerprint density at radius 1 is 1.38 bits per heavy atom. The minimum Gasteiger partial charge on any atom is -0.342 e. The molecule has 1 aliphatic rings. The summed E-state index contributed by atoms with van der Waals surface area (Å²) < 4.78 is 0. The summed E-state index contributed by atoms with van der Waals surface area (Å²) in [5, 5.41) is 3.13. The lowest BCUT2D eigenvalue weighted by atomic mass is 9.93. The van der Waals surface area contributed by atoms with E-state index in [1.807, 2.05) is 19.0 Å². The van der Waals surface area contributed by atoms with Crippen molar-refractivity contribution < 1.29 is 4.79 Å². The van der Waals surface area contributed by atoms with Crippen molar-refractivity contribution in [1.82, 2.24) is 10.2 Å². The highest BCUT2D eigenvalue weighted by atomic mass is 16.2. The van der Waals surface area contributed by atoms with Crippen molar-refractivity contribution in [3.05, 3.63) is 0 Å². The average Bonchev–Trinajstić information content (AvgIpc) is 2.76. The van der Waals surface area contributed by atoms with Crippen LogP contribution in [0.1, 0.15) is 39.5 Å². The van der Waals surface area contributed by atoms with Crippen LogP contribution < -0.4 is 5.32 Å². The molecule has 94 valence electrons. The van der Waals surface area contributed by atoms with Gasteiger partial charge in [0.05, 0.1) is 5.92 Å². The third-order valence-electron chi connectivity index (χ3n) is 3.77. The maximum absolute atomic E-state index is 12.3. The SMILES string of the molecule is CNCC(C(=O)N(C)C1CCCC1)C(C)C. The van der Waals surface area contributed by atoms with E-state index >= 15 is 0 Å². The van der Waals surface area contributed by atoms with Crippen LogP contribution in [0.15, 0.2) is 0 Å². The summed E-state index contributed by atoms with van der Waals surface area (Å²) in [6, 6.07) is 0.491. The molecule has 1 rings (SSSR count). The molecule has 1 unspecified atom stereocenters. The number of hydrogen-bond donors (Lipinski definition) is 1. The van der Waals surface area contributed by atoms with Gasteiger partial charge in [-0.05, 0) is 25.8 Å². The lowest BCUT2D eigenvalue weighted by molar-refractivity contribution is -0.137. The van der Waals surface area contributed by atoms with Gasteiger partial charge < -0.3 is 10.2 Å². The van der Waals surface area contributed by atoms with Gasteiger partial charge in [-0.2, -0.15) is 0 Å². The van der Waals surface area contributed by atoms with Crippen molar-refractivity contribution >= 4 is 5.91 Å². The van der Waals surface area contributed by atoms with Crippen molar-refractivity contribution in [3.63, 3.8) is 0 Å². The highest BCUT2D eigenvalue weighted by Crippen LogP contribution is 2.24. The van der Waals surface area contributed by atoms with Gasteiger partial charge in [0.1, 0.15) is 0 Å². The fourth-order valence-corrected chi connectivity index (χ4v) is 2.56. The molecule has 0 saturated heterocycles. The zero-order valence-corrected chi connectivity index (χ0v) is 11.1. The summed E-state index contributed by atoms with van der Waals surface area (Å²) in [6.07, 6.45) is 4.93. The molecule has 0 heterocycles. The maximum atomic E-state index is 12.3. The first-order valence-electron chi connectivity index (χ1n) is 6.49. The van der Waals surface area contributed by atoms with Crippen LogP contribution in [0.5, 0.6) is 0 Å². The molecule has 0 aromatic carbocycles. The molecule has 0 bridgehead atoms. The minimum absolute atomic E-state index is 0.121. The lowest BCUT2D eigenvalue weighted by Crippen LogP contribution is -2.44. The molecule has 1 atom stereocenters. The monoisotopic (exact) mass is 226 g/mol. The zero-order valence-electron chi connectivity index (χ0n) is 11.1. The van der Waals surface area contributed by atoms with Crippen LogP contribution in [0.25, 0.3) is 0 Å². The molecular weight excluding hydrogens is 200 g/mol. The molecule has 3 heteroatoms. The molecule has 0 aromatic heterocycles. The average molecular weight is 226 g/mol. The van der Waals surface area contributed by atoms with Gasteiger partial charge in [0, 0.05) is 19.6 Å². The fraction of sp³-hybridized carbons (Fsp3) is 0.923. The Morgan fingerprint density at radius 2 is 1.94 bits per heavy atom. The van der Waals surface area contributed by atoms with Crippen LogP contribution in [0.3, 0.4) is 0 Å². The van der Waals surface area contributed by atoms with Gasteiger partial charge in [-0.15, -0.1) is 0 Å². The Balaban J connectivity index is 2.58. The first kappa shape index (κ1) is 13.5. The molecule has 1 aliphatic carbocycles. The molecule has 1 N–H and O–H groups in total. The third-order valence-corrected chi connectivity index (χ3v) is 3.77. The van der Waals surface area contributed by atoms with Crippen molar-refractivity contribution in [3.8, 4) is 0 Å². The van der Waals surface area contributed by atoms with E-state index in [0.29, 0.717) is 17.9 Å². The van der Waals surface area contributed by atoms with Crippen molar-refractivity contribution in [1.29, 1.82) is 0 Å². The molecule has 0 radical (unpaired) electrons. The second-order valence-electron chi connectivity index (χ2n) is 5.30. The number of hydrogen-bond acceptors (Lipinski definition) is 2. The summed E-state index contributed by atoms with van der Waals surface area (Å²) in [5.74, 6) is 0.843. The Morgan fingerprint density at radius 3 is 2.38 bits per heavy atom. The van der Waals surface area contributed by atoms with Gasteiger partial charge in [-0.1, -0.05) is 26.7 Å². The highest BCUT2D eigenvalue weighted by Gasteiger charge is 2.29. The summed E-state index contributed by atoms with van der Waals surface area (Å²) in [6.45, 7) is 5.04. The van der Waals surface area contributed by atoms with Crippen molar-refractivity contribution in [2.24, 2.45) is 11.8 Å². The second kappa shape index (κ2) is 6.24. The van der Waals surface area contributed by atoms with Gasteiger partial charge in [0.25, 0.3) is 0 Å². The van der Waals surface area contributed by atoms with Crippen molar-refractivity contribution in [2.45, 2.75) is 45.6 Å². The summed E-state index contributed by atoms with van der Waals surface area (Å²) in [7, 11) is 3.89. The van der Waals surface area contributed by atoms with Gasteiger partial charge in [0.15, 0.2) is 0 Å². The molecule has 1 amide bonds. The molecule has 0 spiro atoms. The quantitative estimate of drug-likeness (QED) is 0.776. The van der Waals surface area contributed by atoms with E-state index in [1.165, 1.54) is 25.7 Å². The Kier molecular flexibility index (Phi) is 5.26. The predicted octanol–water partition coefficient (Wildman–Crippen LogP) is 1.88. The number of rotatable bonds is 5. The van der Waals surface area contributed by atoms with Crippen LogP contribution in [0.4, 0.5) is 0 Å². The Hall–Kier alpha value is -0.570. The van der Waals surface area contributed by atoms with E-state index in [0.717, 1.165) is 6.54 Å². The second-order valence-corrected chi connectivity index (χ2v) is 5.30. The van der Waals surface area contributed by atoms with E-state index in [9.17, 15) is 4.79 Å². The first-order valence-corrected chi connectivity index (χ1v) is 6.49. The van der Waals surface area contributed by atoms with Crippen LogP contribution >= 0.6 is 0 Å². The van der Waals surface area contributed by atoms with Gasteiger partial charge in [-0.25, -0.2) is 0 Å². The number of amides is 1. The molecule has 1 saturated carbocycles. The van der Waals surface area contributed by atoms with Crippen LogP contribution in [-0.4, -0.2) is 37.5 Å². The highest BCUT2D eigenvalue weighted by molar-refractivity contribution is 5.79. The van der Waals surface area contributed by atoms with E-state index in [2.05, 4.69) is 19.2 Å². The lowest BCUT2D eigenvalue weighted by Gasteiger charge is -2.30. The zero-order chi connectivity index (χ0) is 12.1. The Bertz CT molecular complexity index is 222. The Labute approximate surface area is 99.6 Å². The molecule has 16 heavy (non-hydrogen) atoms. The number of nitrogens with zero attached hydrogens (tertiary/aromatic N) is 1. The van der Waals surface area contributed by atoms with Gasteiger partial charge in [0.2, 0.25) is 5.91 Å². The number of nitrogens with one attached hydrogen (secondary N) is 1. The van der Waals surface area contributed by atoms with E-state index in [4.69, 9.17) is 0 Å². The molecule has 0 aromatic rings. The number of carbonyl (C=O) groups excluding carboxylic acids is 1. The van der Waals surface area contributed by atoms with Crippen LogP contribution in [-0.2, 0) is 4.79 Å². The van der Waals surface area contributed by atoms with E-state index < -0.39 is 0 Å². The van der Waals surface area contributed by atoms with E-state index in [1.54, 1.807) is 0 Å². The largest absolute Gasteiger partial charge is 0.342 e. The molecular formula is C13H26N2O. The van der Waals surface area contributed by atoms with Crippen LogP contribution in [0.2, 0.25) is 0 Å². The summed E-state index contributed by atoms with van der Waals surface area (Å²) in [5.41, 5.74) is 0. The van der Waals surface area contributed by atoms with Crippen molar-refractivity contribution in [2.75, 3.05) is 20.6 Å². The smallest absolute Gasteiger partial charge is 0.227 e. The fourth-order valence-electron chi connectivity index (χ4n) is 2.56. The van der Waals surface area contributed by atoms with E-state index in [-0.39, 0.29) is 5.92 Å². The predicted molar refractivity (Wildman–Crippen MR) is 67.3 cm³/mol. The summed E-state index contributed by atoms with van der Waals surface area (Å²) in [4.78, 5) is 14.3. The van der Waals surface area contributed by atoms with Gasteiger partial charge in [-0.3, -0.25) is 4.79 Å². The first-order chi connectivity index (χ1) is 7.57. The maximum Gasteiger partial charge on any atom is 0.227 e. The molecule has 0 aliphatic heterocycles. The third kappa shape index (κ3) is 3.21. The minimum atomic E-state index is 0.121. The standard InChI is InChI=1S/C13H26N2O/c1-10(2)12(9-14-3)13(16)15(4)11-7-5-6-8-11/h10-12,14H,5-9H2,1-4H3. The summed E-state index contributed by atoms with van der Waals surface area (Å²) >= 11 is 0. The molecule has 3 nitrogen and oxygen atoms in total.